The first kappa shape index (κ1) is 12.7. The van der Waals surface area contributed by atoms with Gasteiger partial charge in [0.25, 0.3) is 0 Å². The quantitative estimate of drug-likeness (QED) is 0.624. The van der Waals surface area contributed by atoms with Gasteiger partial charge >= 0.3 is 0 Å². The van der Waals surface area contributed by atoms with Gasteiger partial charge in [-0.05, 0) is 11.5 Å². The van der Waals surface area contributed by atoms with E-state index in [1.807, 2.05) is 24.3 Å². The highest BCUT2D eigenvalue weighted by Crippen LogP contribution is 2.25. The van der Waals surface area contributed by atoms with Crippen LogP contribution >= 0.6 is 11.6 Å². The van der Waals surface area contributed by atoms with E-state index in [1.165, 1.54) is 11.9 Å². The first-order valence-electron chi connectivity index (χ1n) is 5.69. The van der Waals surface area contributed by atoms with Gasteiger partial charge in [-0.3, -0.25) is 4.79 Å². The third-order valence-electron chi connectivity index (χ3n) is 2.80. The lowest BCUT2D eigenvalue weighted by atomic mass is 10.00. The van der Waals surface area contributed by atoms with Crippen molar-refractivity contribution in [2.24, 2.45) is 0 Å². The van der Waals surface area contributed by atoms with Crippen LogP contribution in [0.4, 0.5) is 0 Å². The Morgan fingerprint density at radius 3 is 2.39 bits per heavy atom. The van der Waals surface area contributed by atoms with Crippen molar-refractivity contribution in [3.05, 3.63) is 46.9 Å². The van der Waals surface area contributed by atoms with E-state index in [0.29, 0.717) is 23.5 Å². The highest BCUT2D eigenvalue weighted by atomic mass is 35.5. The average Bonchev–Trinajstić information content (AvgIpc) is 2.38. The molecule has 0 bridgehead atoms. The minimum absolute atomic E-state index is 0.183. The molecule has 0 aliphatic heterocycles. The van der Waals surface area contributed by atoms with Crippen molar-refractivity contribution in [3.8, 4) is 11.3 Å². The molecule has 18 heavy (non-hydrogen) atoms. The van der Waals surface area contributed by atoms with E-state index >= 15 is 0 Å². The summed E-state index contributed by atoms with van der Waals surface area (Å²) in [5.74, 6) is 0.471. The van der Waals surface area contributed by atoms with Gasteiger partial charge in [0.1, 0.15) is 11.5 Å². The first-order chi connectivity index (χ1) is 8.63. The highest BCUT2D eigenvalue weighted by molar-refractivity contribution is 6.32. The predicted octanol–water partition coefficient (Wildman–Crippen LogP) is 3.73. The summed E-state index contributed by atoms with van der Waals surface area (Å²) >= 11 is 5.88. The normalized spacial score (nSPS) is 10.7. The zero-order chi connectivity index (χ0) is 13.1. The highest BCUT2D eigenvalue weighted by Gasteiger charge is 2.11. The fourth-order valence-electron chi connectivity index (χ4n) is 1.73. The molecule has 0 aliphatic rings. The predicted molar refractivity (Wildman–Crippen MR) is 72.0 cm³/mol. The van der Waals surface area contributed by atoms with E-state index in [0.717, 1.165) is 5.56 Å². The van der Waals surface area contributed by atoms with E-state index < -0.39 is 0 Å². The van der Waals surface area contributed by atoms with Crippen LogP contribution in [0.5, 0.6) is 0 Å². The molecule has 0 radical (unpaired) electrons. The molecule has 1 aromatic carbocycles. The molecule has 0 saturated heterocycles. The second-order valence-electron chi connectivity index (χ2n) is 4.32. The maximum atomic E-state index is 11.0. The molecule has 2 rings (SSSR count). The molecule has 0 N–H and O–H groups in total. The molecular weight excluding hydrogens is 248 g/mol. The molecule has 0 spiro atoms. The van der Waals surface area contributed by atoms with Crippen molar-refractivity contribution in [1.82, 2.24) is 9.97 Å². The average molecular weight is 261 g/mol. The number of hydrogen-bond donors (Lipinski definition) is 0. The van der Waals surface area contributed by atoms with Crippen molar-refractivity contribution < 1.29 is 4.79 Å². The molecule has 3 nitrogen and oxygen atoms in total. The number of carbonyl (C=O) groups is 1. The summed E-state index contributed by atoms with van der Waals surface area (Å²) in [4.78, 5) is 19.0. The molecule has 1 aromatic heterocycles. The third kappa shape index (κ3) is 2.41. The van der Waals surface area contributed by atoms with Crippen LogP contribution in [0.2, 0.25) is 5.15 Å². The molecule has 0 fully saturated rings. The number of carbonyl (C=O) groups excluding carboxylic acids is 1. The summed E-state index contributed by atoms with van der Waals surface area (Å²) in [6, 6.07) is 7.96. The molecule has 0 saturated carbocycles. The van der Waals surface area contributed by atoms with Crippen molar-refractivity contribution in [1.29, 1.82) is 0 Å². The van der Waals surface area contributed by atoms with E-state index in [-0.39, 0.29) is 5.15 Å². The Bertz CT molecular complexity index is 565. The Kier molecular flexibility index (Phi) is 3.72. The van der Waals surface area contributed by atoms with Gasteiger partial charge in [0.2, 0.25) is 0 Å². The molecule has 0 amide bonds. The number of aldehydes is 1. The van der Waals surface area contributed by atoms with Crippen LogP contribution in [0, 0.1) is 0 Å². The topological polar surface area (TPSA) is 42.9 Å². The van der Waals surface area contributed by atoms with E-state index in [2.05, 4.69) is 23.8 Å². The van der Waals surface area contributed by atoms with Crippen LogP contribution in [0.1, 0.15) is 35.7 Å². The lowest BCUT2D eigenvalue weighted by Gasteiger charge is -2.08. The summed E-state index contributed by atoms with van der Waals surface area (Å²) in [5, 5.41) is 0.183. The van der Waals surface area contributed by atoms with E-state index in [1.54, 1.807) is 0 Å². The second kappa shape index (κ2) is 5.27. The first-order valence-corrected chi connectivity index (χ1v) is 6.07. The number of nitrogens with zero attached hydrogens (tertiary/aromatic N) is 2. The molecular formula is C14H13ClN2O. The number of aromatic nitrogens is 2. The Labute approximate surface area is 111 Å². The van der Waals surface area contributed by atoms with Crippen LogP contribution in [0.15, 0.2) is 30.6 Å². The summed E-state index contributed by atoms with van der Waals surface area (Å²) < 4.78 is 0. The van der Waals surface area contributed by atoms with Crippen LogP contribution in [0.25, 0.3) is 11.3 Å². The van der Waals surface area contributed by atoms with Crippen molar-refractivity contribution in [2.45, 2.75) is 19.8 Å². The van der Waals surface area contributed by atoms with Gasteiger partial charge in [-0.1, -0.05) is 49.7 Å². The summed E-state index contributed by atoms with van der Waals surface area (Å²) in [6.07, 6.45) is 2.05. The van der Waals surface area contributed by atoms with Gasteiger partial charge in [-0.2, -0.15) is 0 Å². The minimum Gasteiger partial charge on any atom is -0.298 e. The summed E-state index contributed by atoms with van der Waals surface area (Å²) in [5.41, 5.74) is 3.01. The summed E-state index contributed by atoms with van der Waals surface area (Å²) in [7, 11) is 0. The van der Waals surface area contributed by atoms with E-state index in [4.69, 9.17) is 11.6 Å². The molecule has 92 valence electrons. The van der Waals surface area contributed by atoms with Crippen LogP contribution in [-0.4, -0.2) is 16.3 Å². The monoisotopic (exact) mass is 260 g/mol. The SMILES string of the molecule is CC(C)c1ccc(-c2ncnc(Cl)c2C=O)cc1. The zero-order valence-corrected chi connectivity index (χ0v) is 11.0. The largest absolute Gasteiger partial charge is 0.298 e. The van der Waals surface area contributed by atoms with Crippen LogP contribution in [-0.2, 0) is 0 Å². The van der Waals surface area contributed by atoms with Gasteiger partial charge < -0.3 is 0 Å². The fraction of sp³-hybridized carbons (Fsp3) is 0.214. The Balaban J connectivity index is 2.49. The standard InChI is InChI=1S/C14H13ClN2O/c1-9(2)10-3-5-11(6-4-10)13-12(7-18)14(15)17-8-16-13/h3-9H,1-2H3. The van der Waals surface area contributed by atoms with Crippen LogP contribution < -0.4 is 0 Å². The van der Waals surface area contributed by atoms with E-state index in [9.17, 15) is 4.79 Å². The number of hydrogen-bond acceptors (Lipinski definition) is 3. The van der Waals surface area contributed by atoms with Gasteiger partial charge in [-0.15, -0.1) is 0 Å². The maximum Gasteiger partial charge on any atom is 0.155 e. The van der Waals surface area contributed by atoms with Gasteiger partial charge in [0, 0.05) is 5.56 Å². The molecule has 0 atom stereocenters. The smallest absolute Gasteiger partial charge is 0.155 e. The number of rotatable bonds is 3. The lowest BCUT2D eigenvalue weighted by molar-refractivity contribution is 0.112. The molecule has 2 aromatic rings. The molecule has 4 heteroatoms. The number of benzene rings is 1. The van der Waals surface area contributed by atoms with Crippen molar-refractivity contribution in [3.63, 3.8) is 0 Å². The van der Waals surface area contributed by atoms with Crippen LogP contribution in [0.3, 0.4) is 0 Å². The molecule has 0 unspecified atom stereocenters. The molecule has 0 aliphatic carbocycles. The van der Waals surface area contributed by atoms with Gasteiger partial charge in [-0.25, -0.2) is 9.97 Å². The Hall–Kier alpha value is -1.74. The van der Waals surface area contributed by atoms with Gasteiger partial charge in [0.05, 0.1) is 11.3 Å². The lowest BCUT2D eigenvalue weighted by Crippen LogP contribution is -1.96. The second-order valence-corrected chi connectivity index (χ2v) is 4.68. The van der Waals surface area contributed by atoms with Crippen molar-refractivity contribution >= 4 is 17.9 Å². The number of halogens is 1. The third-order valence-corrected chi connectivity index (χ3v) is 3.11. The van der Waals surface area contributed by atoms with Crippen molar-refractivity contribution in [2.75, 3.05) is 0 Å². The zero-order valence-electron chi connectivity index (χ0n) is 10.2. The minimum atomic E-state index is 0.183. The molecule has 1 heterocycles. The fourth-order valence-corrected chi connectivity index (χ4v) is 1.91. The Morgan fingerprint density at radius 1 is 1.17 bits per heavy atom. The van der Waals surface area contributed by atoms with Gasteiger partial charge in [0.15, 0.2) is 6.29 Å². The maximum absolute atomic E-state index is 11.0. The summed E-state index contributed by atoms with van der Waals surface area (Å²) in [6.45, 7) is 4.26. The Morgan fingerprint density at radius 2 is 1.83 bits per heavy atom.